The SMILES string of the molecule is CS(=O)(=O)c1ccc(OC[C@@H]2CNCCO2)cc1. The summed E-state index contributed by atoms with van der Waals surface area (Å²) in [5.74, 6) is 0.650. The first-order valence-corrected chi connectivity index (χ1v) is 7.70. The first kappa shape index (κ1) is 13.3. The summed E-state index contributed by atoms with van der Waals surface area (Å²) < 4.78 is 33.6. The Kier molecular flexibility index (Phi) is 4.21. The van der Waals surface area contributed by atoms with Gasteiger partial charge >= 0.3 is 0 Å². The number of sulfone groups is 1. The van der Waals surface area contributed by atoms with Crippen LogP contribution in [-0.2, 0) is 14.6 Å². The standard InChI is InChI=1S/C12H17NO4S/c1-18(14,15)12-4-2-10(3-5-12)17-9-11-8-13-6-7-16-11/h2-5,11,13H,6-9H2,1H3/t11-/m0/s1. The third-order valence-electron chi connectivity index (χ3n) is 2.69. The van der Waals surface area contributed by atoms with Crippen molar-refractivity contribution in [2.24, 2.45) is 0 Å². The van der Waals surface area contributed by atoms with E-state index in [-0.39, 0.29) is 6.10 Å². The van der Waals surface area contributed by atoms with E-state index in [1.165, 1.54) is 6.26 Å². The largest absolute Gasteiger partial charge is 0.491 e. The van der Waals surface area contributed by atoms with Crippen LogP contribution in [0.2, 0.25) is 0 Å². The van der Waals surface area contributed by atoms with Gasteiger partial charge in [0.05, 0.1) is 11.5 Å². The molecule has 0 aliphatic carbocycles. The maximum absolute atomic E-state index is 11.3. The molecule has 1 aliphatic heterocycles. The number of benzene rings is 1. The Labute approximate surface area is 107 Å². The van der Waals surface area contributed by atoms with Gasteiger partial charge < -0.3 is 14.8 Å². The maximum atomic E-state index is 11.3. The zero-order chi connectivity index (χ0) is 13.0. The molecule has 100 valence electrons. The van der Waals surface area contributed by atoms with Crippen LogP contribution in [0.25, 0.3) is 0 Å². The molecule has 1 N–H and O–H groups in total. The van der Waals surface area contributed by atoms with Crippen molar-refractivity contribution in [2.45, 2.75) is 11.0 Å². The predicted molar refractivity (Wildman–Crippen MR) is 67.7 cm³/mol. The Balaban J connectivity index is 1.90. The molecule has 0 saturated carbocycles. The Bertz CT molecular complexity index is 477. The summed E-state index contributed by atoms with van der Waals surface area (Å²) >= 11 is 0. The van der Waals surface area contributed by atoms with Gasteiger partial charge in [-0.2, -0.15) is 0 Å². The molecule has 1 aliphatic rings. The molecule has 0 aromatic heterocycles. The summed E-state index contributed by atoms with van der Waals surface area (Å²) in [5, 5.41) is 3.22. The van der Waals surface area contributed by atoms with Crippen LogP contribution in [0, 0.1) is 0 Å². The molecule has 1 atom stereocenters. The van der Waals surface area contributed by atoms with Crippen LogP contribution in [0.5, 0.6) is 5.75 Å². The van der Waals surface area contributed by atoms with Crippen molar-refractivity contribution in [3.8, 4) is 5.75 Å². The molecule has 0 amide bonds. The van der Waals surface area contributed by atoms with Gasteiger partial charge in [0.15, 0.2) is 9.84 Å². The fourth-order valence-corrected chi connectivity index (χ4v) is 2.33. The van der Waals surface area contributed by atoms with E-state index < -0.39 is 9.84 Å². The van der Waals surface area contributed by atoms with E-state index in [0.29, 0.717) is 23.9 Å². The molecule has 5 nitrogen and oxygen atoms in total. The molecule has 1 fully saturated rings. The van der Waals surface area contributed by atoms with Gasteiger partial charge in [-0.05, 0) is 24.3 Å². The summed E-state index contributed by atoms with van der Waals surface area (Å²) in [5.41, 5.74) is 0. The van der Waals surface area contributed by atoms with Crippen LogP contribution in [0.1, 0.15) is 0 Å². The van der Waals surface area contributed by atoms with Crippen molar-refractivity contribution in [3.05, 3.63) is 24.3 Å². The van der Waals surface area contributed by atoms with Crippen LogP contribution in [0.15, 0.2) is 29.2 Å². The molecule has 0 unspecified atom stereocenters. The van der Waals surface area contributed by atoms with E-state index in [9.17, 15) is 8.42 Å². The molecule has 6 heteroatoms. The lowest BCUT2D eigenvalue weighted by molar-refractivity contribution is 0.000185. The average Bonchev–Trinajstić information content (AvgIpc) is 2.37. The van der Waals surface area contributed by atoms with Crippen LogP contribution in [0.3, 0.4) is 0 Å². The smallest absolute Gasteiger partial charge is 0.175 e. The van der Waals surface area contributed by atoms with Gasteiger partial charge in [0, 0.05) is 19.3 Å². The van der Waals surface area contributed by atoms with Crippen molar-refractivity contribution >= 4 is 9.84 Å². The summed E-state index contributed by atoms with van der Waals surface area (Å²) in [4.78, 5) is 0.297. The first-order valence-electron chi connectivity index (χ1n) is 5.81. The topological polar surface area (TPSA) is 64.6 Å². The van der Waals surface area contributed by atoms with E-state index in [1.54, 1.807) is 24.3 Å². The van der Waals surface area contributed by atoms with Crippen molar-refractivity contribution in [2.75, 3.05) is 32.6 Å². The van der Waals surface area contributed by atoms with Gasteiger partial charge in [-0.1, -0.05) is 0 Å². The Morgan fingerprint density at radius 3 is 2.67 bits per heavy atom. The highest BCUT2D eigenvalue weighted by Gasteiger charge is 2.14. The minimum Gasteiger partial charge on any atom is -0.491 e. The molecular weight excluding hydrogens is 254 g/mol. The van der Waals surface area contributed by atoms with Crippen LogP contribution >= 0.6 is 0 Å². The van der Waals surface area contributed by atoms with Crippen molar-refractivity contribution in [1.29, 1.82) is 0 Å². The molecule has 1 saturated heterocycles. The number of hydrogen-bond donors (Lipinski definition) is 1. The third kappa shape index (κ3) is 3.69. The average molecular weight is 271 g/mol. The first-order chi connectivity index (χ1) is 8.55. The second-order valence-electron chi connectivity index (χ2n) is 4.25. The highest BCUT2D eigenvalue weighted by Crippen LogP contribution is 2.16. The summed E-state index contributed by atoms with van der Waals surface area (Å²) in [6.45, 7) is 2.81. The van der Waals surface area contributed by atoms with E-state index in [1.807, 2.05) is 0 Å². The molecule has 0 radical (unpaired) electrons. The molecule has 1 aromatic carbocycles. The van der Waals surface area contributed by atoms with E-state index in [2.05, 4.69) is 5.32 Å². The summed E-state index contributed by atoms with van der Waals surface area (Å²) in [6, 6.07) is 6.41. The molecule has 2 rings (SSSR count). The monoisotopic (exact) mass is 271 g/mol. The van der Waals surface area contributed by atoms with Gasteiger partial charge in [0.2, 0.25) is 0 Å². The molecule has 1 heterocycles. The van der Waals surface area contributed by atoms with Gasteiger partial charge in [0.25, 0.3) is 0 Å². The van der Waals surface area contributed by atoms with Gasteiger partial charge in [-0.3, -0.25) is 0 Å². The lowest BCUT2D eigenvalue weighted by Crippen LogP contribution is -2.41. The molecule has 18 heavy (non-hydrogen) atoms. The summed E-state index contributed by atoms with van der Waals surface area (Å²) in [7, 11) is -3.15. The number of hydrogen-bond acceptors (Lipinski definition) is 5. The zero-order valence-electron chi connectivity index (χ0n) is 10.3. The van der Waals surface area contributed by atoms with Gasteiger partial charge in [0.1, 0.15) is 18.5 Å². The van der Waals surface area contributed by atoms with Gasteiger partial charge in [-0.25, -0.2) is 8.42 Å². The number of nitrogens with one attached hydrogen (secondary N) is 1. The van der Waals surface area contributed by atoms with Crippen LogP contribution in [-0.4, -0.2) is 47.1 Å². The quantitative estimate of drug-likeness (QED) is 0.862. The van der Waals surface area contributed by atoms with Crippen LogP contribution < -0.4 is 10.1 Å². The fourth-order valence-electron chi connectivity index (χ4n) is 1.70. The van der Waals surface area contributed by atoms with E-state index in [0.717, 1.165) is 13.1 Å². The van der Waals surface area contributed by atoms with E-state index in [4.69, 9.17) is 9.47 Å². The highest BCUT2D eigenvalue weighted by molar-refractivity contribution is 7.90. The van der Waals surface area contributed by atoms with E-state index >= 15 is 0 Å². The molecule has 1 aromatic rings. The minimum atomic E-state index is -3.15. The number of morpholine rings is 1. The zero-order valence-corrected chi connectivity index (χ0v) is 11.1. The third-order valence-corrected chi connectivity index (χ3v) is 3.82. The molecule has 0 bridgehead atoms. The fraction of sp³-hybridized carbons (Fsp3) is 0.500. The molecular formula is C12H17NO4S. The van der Waals surface area contributed by atoms with Crippen LogP contribution in [0.4, 0.5) is 0 Å². The lowest BCUT2D eigenvalue weighted by atomic mass is 10.3. The maximum Gasteiger partial charge on any atom is 0.175 e. The van der Waals surface area contributed by atoms with Crippen molar-refractivity contribution in [1.82, 2.24) is 5.32 Å². The summed E-state index contributed by atoms with van der Waals surface area (Å²) in [6.07, 6.45) is 1.23. The Morgan fingerprint density at radius 2 is 2.11 bits per heavy atom. The normalized spacial score (nSPS) is 20.6. The second kappa shape index (κ2) is 5.69. The predicted octanol–water partition coefficient (Wildman–Crippen LogP) is 0.457. The number of rotatable bonds is 4. The van der Waals surface area contributed by atoms with Gasteiger partial charge in [-0.15, -0.1) is 0 Å². The highest BCUT2D eigenvalue weighted by atomic mass is 32.2. The second-order valence-corrected chi connectivity index (χ2v) is 6.27. The minimum absolute atomic E-state index is 0.0494. The lowest BCUT2D eigenvalue weighted by Gasteiger charge is -2.23. The Hall–Kier alpha value is -1.11. The molecule has 0 spiro atoms. The Morgan fingerprint density at radius 1 is 1.39 bits per heavy atom. The van der Waals surface area contributed by atoms with Crippen molar-refractivity contribution in [3.63, 3.8) is 0 Å². The van der Waals surface area contributed by atoms with Crippen molar-refractivity contribution < 1.29 is 17.9 Å². The number of ether oxygens (including phenoxy) is 2.